The number of carbonyl (C=O) groups is 1. The second-order valence-electron chi connectivity index (χ2n) is 5.45. The topological polar surface area (TPSA) is 66.8 Å². The molecular formula is C20H16O4. The zero-order valence-corrected chi connectivity index (χ0v) is 13.1. The van der Waals surface area contributed by atoms with Gasteiger partial charge in [-0.25, -0.2) is 0 Å². The van der Waals surface area contributed by atoms with Gasteiger partial charge in [0.2, 0.25) is 0 Å². The maximum Gasteiger partial charge on any atom is 0.196 e. The van der Waals surface area contributed by atoms with E-state index in [9.17, 15) is 15.0 Å². The zero-order valence-electron chi connectivity index (χ0n) is 13.1. The molecule has 4 nitrogen and oxygen atoms in total. The van der Waals surface area contributed by atoms with E-state index in [0.29, 0.717) is 16.9 Å². The maximum absolute atomic E-state index is 12.7. The van der Waals surface area contributed by atoms with E-state index in [2.05, 4.69) is 0 Å². The van der Waals surface area contributed by atoms with Gasteiger partial charge in [0.1, 0.15) is 11.5 Å². The molecule has 120 valence electrons. The molecule has 0 fully saturated rings. The molecule has 0 saturated carbocycles. The first kappa shape index (κ1) is 15.6. The third-order valence-corrected chi connectivity index (χ3v) is 3.61. The molecule has 0 aliphatic heterocycles. The van der Waals surface area contributed by atoms with Crippen LogP contribution in [0.15, 0.2) is 66.7 Å². The molecule has 2 N–H and O–H groups in total. The summed E-state index contributed by atoms with van der Waals surface area (Å²) in [5.41, 5.74) is 2.00. The van der Waals surface area contributed by atoms with E-state index >= 15 is 0 Å². The van der Waals surface area contributed by atoms with Gasteiger partial charge in [0.05, 0.1) is 5.56 Å². The van der Waals surface area contributed by atoms with Crippen molar-refractivity contribution in [3.05, 3.63) is 83.4 Å². The minimum atomic E-state index is -0.176. The third kappa shape index (κ3) is 3.22. The van der Waals surface area contributed by atoms with Crippen molar-refractivity contribution in [1.29, 1.82) is 0 Å². The Balaban J connectivity index is 1.97. The number of benzene rings is 3. The summed E-state index contributed by atoms with van der Waals surface area (Å²) < 4.78 is 5.66. The van der Waals surface area contributed by atoms with E-state index in [1.165, 1.54) is 18.2 Å². The van der Waals surface area contributed by atoms with E-state index in [1.54, 1.807) is 36.4 Å². The summed E-state index contributed by atoms with van der Waals surface area (Å²) in [4.78, 5) is 12.7. The number of ketones is 1. The van der Waals surface area contributed by atoms with Crippen molar-refractivity contribution < 1.29 is 19.7 Å². The van der Waals surface area contributed by atoms with Gasteiger partial charge in [0, 0.05) is 11.6 Å². The van der Waals surface area contributed by atoms with Crippen LogP contribution in [0.1, 0.15) is 21.5 Å². The Morgan fingerprint density at radius 1 is 0.875 bits per heavy atom. The van der Waals surface area contributed by atoms with Crippen LogP contribution in [0.3, 0.4) is 0 Å². The van der Waals surface area contributed by atoms with E-state index in [1.807, 2.05) is 19.1 Å². The summed E-state index contributed by atoms with van der Waals surface area (Å²) in [5.74, 6) is 0.0592. The van der Waals surface area contributed by atoms with E-state index in [0.717, 1.165) is 5.56 Å². The van der Waals surface area contributed by atoms with Crippen LogP contribution < -0.4 is 4.74 Å². The van der Waals surface area contributed by atoms with Crippen molar-refractivity contribution in [2.45, 2.75) is 6.92 Å². The van der Waals surface area contributed by atoms with Crippen molar-refractivity contribution in [1.82, 2.24) is 0 Å². The van der Waals surface area contributed by atoms with Crippen LogP contribution in [0.5, 0.6) is 23.0 Å². The quantitative estimate of drug-likeness (QED) is 0.551. The molecule has 24 heavy (non-hydrogen) atoms. The molecule has 3 rings (SSSR count). The van der Waals surface area contributed by atoms with Gasteiger partial charge < -0.3 is 14.9 Å². The number of hydrogen-bond acceptors (Lipinski definition) is 4. The Hall–Kier alpha value is -3.27. The summed E-state index contributed by atoms with van der Waals surface area (Å²) in [7, 11) is 0. The van der Waals surface area contributed by atoms with Gasteiger partial charge in [-0.05, 0) is 31.2 Å². The van der Waals surface area contributed by atoms with Crippen LogP contribution in [-0.4, -0.2) is 16.0 Å². The number of aryl methyl sites for hydroxylation is 1. The number of carbonyl (C=O) groups excluding carboxylic acids is 1. The highest BCUT2D eigenvalue weighted by molar-refractivity contribution is 6.10. The number of ether oxygens (including phenoxy) is 1. The van der Waals surface area contributed by atoms with E-state index in [4.69, 9.17) is 4.74 Å². The van der Waals surface area contributed by atoms with Crippen molar-refractivity contribution >= 4 is 5.78 Å². The second kappa shape index (κ2) is 6.46. The lowest BCUT2D eigenvalue weighted by atomic mass is 10.0. The first-order chi connectivity index (χ1) is 11.5. The van der Waals surface area contributed by atoms with Crippen LogP contribution >= 0.6 is 0 Å². The monoisotopic (exact) mass is 320 g/mol. The average Bonchev–Trinajstić information content (AvgIpc) is 2.59. The zero-order chi connectivity index (χ0) is 17.1. The molecule has 0 aliphatic rings. The van der Waals surface area contributed by atoms with Crippen LogP contribution in [0.2, 0.25) is 0 Å². The number of phenolic OH excluding ortho intramolecular Hbond substituents is 2. The summed E-state index contributed by atoms with van der Waals surface area (Å²) in [6, 6.07) is 18.0. The smallest absolute Gasteiger partial charge is 0.196 e. The lowest BCUT2D eigenvalue weighted by molar-refractivity contribution is 0.103. The van der Waals surface area contributed by atoms with Gasteiger partial charge in [-0.3, -0.25) is 4.79 Å². The largest absolute Gasteiger partial charge is 0.508 e. The number of rotatable bonds is 4. The molecule has 0 unspecified atom stereocenters. The van der Waals surface area contributed by atoms with Crippen LogP contribution in [-0.2, 0) is 0 Å². The van der Waals surface area contributed by atoms with Crippen LogP contribution in [0.25, 0.3) is 0 Å². The van der Waals surface area contributed by atoms with Crippen molar-refractivity contribution in [2.75, 3.05) is 0 Å². The van der Waals surface area contributed by atoms with Gasteiger partial charge in [0.15, 0.2) is 17.3 Å². The molecular weight excluding hydrogens is 304 g/mol. The summed E-state index contributed by atoms with van der Waals surface area (Å²) in [6.07, 6.45) is 0. The molecule has 0 aliphatic carbocycles. The van der Waals surface area contributed by atoms with Crippen LogP contribution in [0, 0.1) is 6.92 Å². The SMILES string of the molecule is Cc1ccc(C(=O)c2ccccc2Oc2cc(O)ccc2O)cc1. The van der Waals surface area contributed by atoms with E-state index in [-0.39, 0.29) is 23.0 Å². The van der Waals surface area contributed by atoms with Crippen molar-refractivity contribution in [3.8, 4) is 23.0 Å². The molecule has 3 aromatic rings. The van der Waals surface area contributed by atoms with Gasteiger partial charge in [0.25, 0.3) is 0 Å². The molecule has 0 heterocycles. The van der Waals surface area contributed by atoms with Crippen LogP contribution in [0.4, 0.5) is 0 Å². The van der Waals surface area contributed by atoms with Crippen molar-refractivity contribution in [2.24, 2.45) is 0 Å². The molecule has 0 aromatic heterocycles. The fourth-order valence-electron chi connectivity index (χ4n) is 2.31. The van der Waals surface area contributed by atoms with Gasteiger partial charge in [-0.2, -0.15) is 0 Å². The lowest BCUT2D eigenvalue weighted by Crippen LogP contribution is -2.03. The number of aromatic hydroxyl groups is 2. The molecule has 0 bridgehead atoms. The minimum Gasteiger partial charge on any atom is -0.508 e. The minimum absolute atomic E-state index is 0.0369. The maximum atomic E-state index is 12.7. The number of phenols is 2. The molecule has 0 spiro atoms. The number of para-hydroxylation sites is 1. The fraction of sp³-hybridized carbons (Fsp3) is 0.0500. The molecule has 4 heteroatoms. The summed E-state index contributed by atoms with van der Waals surface area (Å²) in [5, 5.41) is 19.4. The number of hydrogen-bond donors (Lipinski definition) is 2. The first-order valence-corrected chi connectivity index (χ1v) is 7.45. The molecule has 3 aromatic carbocycles. The fourth-order valence-corrected chi connectivity index (χ4v) is 2.31. The Bertz CT molecular complexity index is 882. The molecule has 0 saturated heterocycles. The van der Waals surface area contributed by atoms with Gasteiger partial charge in [-0.1, -0.05) is 42.0 Å². The highest BCUT2D eigenvalue weighted by Gasteiger charge is 2.16. The predicted molar refractivity (Wildman–Crippen MR) is 90.9 cm³/mol. The molecule has 0 atom stereocenters. The van der Waals surface area contributed by atoms with Gasteiger partial charge in [-0.15, -0.1) is 0 Å². The average molecular weight is 320 g/mol. The standard InChI is InChI=1S/C20H16O4/c1-13-6-8-14(9-7-13)20(23)16-4-2-3-5-18(16)24-19-12-15(21)10-11-17(19)22/h2-12,21-22H,1H3. The Morgan fingerprint density at radius 2 is 1.58 bits per heavy atom. The second-order valence-corrected chi connectivity index (χ2v) is 5.45. The van der Waals surface area contributed by atoms with Crippen molar-refractivity contribution in [3.63, 3.8) is 0 Å². The molecule has 0 radical (unpaired) electrons. The molecule has 0 amide bonds. The summed E-state index contributed by atoms with van der Waals surface area (Å²) >= 11 is 0. The first-order valence-electron chi connectivity index (χ1n) is 7.45. The Kier molecular flexibility index (Phi) is 4.20. The highest BCUT2D eigenvalue weighted by Crippen LogP contribution is 2.35. The highest BCUT2D eigenvalue weighted by atomic mass is 16.5. The third-order valence-electron chi connectivity index (χ3n) is 3.61. The van der Waals surface area contributed by atoms with Gasteiger partial charge >= 0.3 is 0 Å². The normalized spacial score (nSPS) is 10.4. The Labute approximate surface area is 139 Å². The predicted octanol–water partition coefficient (Wildman–Crippen LogP) is 4.43. The van der Waals surface area contributed by atoms with E-state index < -0.39 is 0 Å². The Morgan fingerprint density at radius 3 is 2.33 bits per heavy atom. The summed E-state index contributed by atoms with van der Waals surface area (Å²) in [6.45, 7) is 1.95. The lowest BCUT2D eigenvalue weighted by Gasteiger charge is -2.12.